The Bertz CT molecular complexity index is 496. The van der Waals surface area contributed by atoms with E-state index in [9.17, 15) is 5.11 Å². The van der Waals surface area contributed by atoms with E-state index in [0.29, 0.717) is 11.8 Å². The highest BCUT2D eigenvalue weighted by atomic mass is 16.3. The molecule has 1 heterocycles. The Morgan fingerprint density at radius 1 is 1.00 bits per heavy atom. The molecule has 106 valence electrons. The maximum Gasteiger partial charge on any atom is 0.115 e. The van der Waals surface area contributed by atoms with Crippen LogP contribution >= 0.6 is 0 Å². The van der Waals surface area contributed by atoms with E-state index in [4.69, 9.17) is 0 Å². The topological polar surface area (TPSA) is 45.1 Å². The smallest absolute Gasteiger partial charge is 0.115 e. The molecule has 0 fully saturated rings. The number of rotatable bonds is 7. The first kappa shape index (κ1) is 14.5. The molecule has 0 saturated carbocycles. The van der Waals surface area contributed by atoms with E-state index in [2.05, 4.69) is 29.4 Å². The second kappa shape index (κ2) is 7.65. The summed E-state index contributed by atoms with van der Waals surface area (Å²) in [6, 6.07) is 12.1. The molecule has 0 aliphatic rings. The predicted molar refractivity (Wildman–Crippen MR) is 81.8 cm³/mol. The molecule has 20 heavy (non-hydrogen) atoms. The fourth-order valence-electron chi connectivity index (χ4n) is 2.16. The highest BCUT2D eigenvalue weighted by molar-refractivity contribution is 5.25. The zero-order valence-electron chi connectivity index (χ0n) is 11.9. The van der Waals surface area contributed by atoms with Crippen LogP contribution in [0.1, 0.15) is 24.5 Å². The van der Waals surface area contributed by atoms with Gasteiger partial charge in [-0.2, -0.15) is 0 Å². The first-order valence-corrected chi connectivity index (χ1v) is 7.14. The zero-order chi connectivity index (χ0) is 14.2. The molecular weight excluding hydrogens is 248 g/mol. The first-order valence-electron chi connectivity index (χ1n) is 7.14. The van der Waals surface area contributed by atoms with Crippen LogP contribution in [-0.2, 0) is 12.8 Å². The van der Waals surface area contributed by atoms with Gasteiger partial charge in [-0.25, -0.2) is 0 Å². The highest BCUT2D eigenvalue weighted by Gasteiger charge is 2.02. The van der Waals surface area contributed by atoms with E-state index >= 15 is 0 Å². The zero-order valence-corrected chi connectivity index (χ0v) is 11.9. The van der Waals surface area contributed by atoms with Gasteiger partial charge in [-0.1, -0.05) is 12.1 Å². The van der Waals surface area contributed by atoms with Crippen molar-refractivity contribution in [3.63, 3.8) is 0 Å². The molecule has 0 radical (unpaired) electrons. The van der Waals surface area contributed by atoms with Crippen molar-refractivity contribution in [3.05, 3.63) is 59.9 Å². The number of aryl methyl sites for hydroxylation is 1. The molecule has 0 bridgehead atoms. The Morgan fingerprint density at radius 2 is 1.65 bits per heavy atom. The second-order valence-corrected chi connectivity index (χ2v) is 5.17. The molecular formula is C17H22N2O. The third-order valence-electron chi connectivity index (χ3n) is 3.46. The van der Waals surface area contributed by atoms with Crippen molar-refractivity contribution >= 4 is 0 Å². The molecule has 3 nitrogen and oxygen atoms in total. The lowest BCUT2D eigenvalue weighted by molar-refractivity contribution is 0.474. The normalized spacial score (nSPS) is 12.2. The Kier molecular flexibility index (Phi) is 5.56. The summed E-state index contributed by atoms with van der Waals surface area (Å²) in [6.45, 7) is 3.20. The molecule has 0 aliphatic heterocycles. The van der Waals surface area contributed by atoms with Gasteiger partial charge in [0.25, 0.3) is 0 Å². The maximum absolute atomic E-state index is 9.24. The van der Waals surface area contributed by atoms with Gasteiger partial charge in [0.2, 0.25) is 0 Å². The van der Waals surface area contributed by atoms with Crippen molar-refractivity contribution in [2.24, 2.45) is 0 Å². The minimum absolute atomic E-state index is 0.331. The molecule has 1 aromatic heterocycles. The first-order chi connectivity index (χ1) is 9.74. The number of hydrogen-bond acceptors (Lipinski definition) is 3. The molecule has 0 spiro atoms. The fraction of sp³-hybridized carbons (Fsp3) is 0.353. The summed E-state index contributed by atoms with van der Waals surface area (Å²) in [5.74, 6) is 0.331. The van der Waals surface area contributed by atoms with Crippen LogP contribution in [0.5, 0.6) is 5.75 Å². The molecule has 1 unspecified atom stereocenters. The van der Waals surface area contributed by atoms with Gasteiger partial charge in [0.1, 0.15) is 5.75 Å². The minimum atomic E-state index is 0.331. The van der Waals surface area contributed by atoms with Crippen LogP contribution in [0.3, 0.4) is 0 Å². The molecule has 2 rings (SSSR count). The van der Waals surface area contributed by atoms with Crippen molar-refractivity contribution in [3.8, 4) is 5.75 Å². The number of benzene rings is 1. The average molecular weight is 270 g/mol. The average Bonchev–Trinajstić information content (AvgIpc) is 2.48. The monoisotopic (exact) mass is 270 g/mol. The Morgan fingerprint density at radius 3 is 2.35 bits per heavy atom. The number of phenols is 1. The van der Waals surface area contributed by atoms with Crippen molar-refractivity contribution < 1.29 is 5.11 Å². The van der Waals surface area contributed by atoms with Gasteiger partial charge >= 0.3 is 0 Å². The number of pyridine rings is 1. The quantitative estimate of drug-likeness (QED) is 0.813. The molecule has 2 aromatic rings. The van der Waals surface area contributed by atoms with Crippen LogP contribution in [0.2, 0.25) is 0 Å². The summed E-state index contributed by atoms with van der Waals surface area (Å²) in [5.41, 5.74) is 2.59. The van der Waals surface area contributed by atoms with Crippen molar-refractivity contribution in [2.75, 3.05) is 6.54 Å². The van der Waals surface area contributed by atoms with E-state index in [-0.39, 0.29) is 0 Å². The van der Waals surface area contributed by atoms with Crippen LogP contribution < -0.4 is 5.32 Å². The Balaban J connectivity index is 1.65. The lowest BCUT2D eigenvalue weighted by atomic mass is 10.1. The Labute approximate surface area is 120 Å². The lowest BCUT2D eigenvalue weighted by Gasteiger charge is -2.13. The summed E-state index contributed by atoms with van der Waals surface area (Å²) >= 11 is 0. The van der Waals surface area contributed by atoms with E-state index in [0.717, 1.165) is 25.8 Å². The number of phenolic OH excluding ortho intramolecular Hbond substituents is 1. The second-order valence-electron chi connectivity index (χ2n) is 5.17. The maximum atomic E-state index is 9.24. The molecule has 2 N–H and O–H groups in total. The SMILES string of the molecule is CC(CCc1ccc(O)cc1)NCCc1ccncc1. The molecule has 1 atom stereocenters. The number of nitrogens with zero attached hydrogens (tertiary/aromatic N) is 1. The van der Waals surface area contributed by atoms with E-state index in [1.54, 1.807) is 12.1 Å². The van der Waals surface area contributed by atoms with E-state index < -0.39 is 0 Å². The summed E-state index contributed by atoms with van der Waals surface area (Å²) < 4.78 is 0. The van der Waals surface area contributed by atoms with E-state index in [1.807, 2.05) is 24.5 Å². The van der Waals surface area contributed by atoms with Crippen molar-refractivity contribution in [2.45, 2.75) is 32.2 Å². The minimum Gasteiger partial charge on any atom is -0.508 e. The van der Waals surface area contributed by atoms with Crippen molar-refractivity contribution in [1.29, 1.82) is 0 Å². The van der Waals surface area contributed by atoms with Gasteiger partial charge in [-0.3, -0.25) is 4.98 Å². The number of aromatic nitrogens is 1. The van der Waals surface area contributed by atoms with Crippen molar-refractivity contribution in [1.82, 2.24) is 10.3 Å². The van der Waals surface area contributed by atoms with Crippen LogP contribution in [0.4, 0.5) is 0 Å². The lowest BCUT2D eigenvalue weighted by Crippen LogP contribution is -2.28. The van der Waals surface area contributed by atoms with Gasteiger partial charge < -0.3 is 10.4 Å². The Hall–Kier alpha value is -1.87. The highest BCUT2D eigenvalue weighted by Crippen LogP contribution is 2.11. The van der Waals surface area contributed by atoms with Crippen LogP contribution in [0.15, 0.2) is 48.8 Å². The largest absolute Gasteiger partial charge is 0.508 e. The fourth-order valence-corrected chi connectivity index (χ4v) is 2.16. The molecule has 1 aromatic carbocycles. The van der Waals surface area contributed by atoms with Crippen LogP contribution in [0.25, 0.3) is 0 Å². The predicted octanol–water partition coefficient (Wildman–Crippen LogP) is 2.94. The summed E-state index contributed by atoms with van der Waals surface area (Å²) in [6.07, 6.45) is 6.84. The van der Waals surface area contributed by atoms with Gasteiger partial charge in [0, 0.05) is 18.4 Å². The summed E-state index contributed by atoms with van der Waals surface area (Å²) in [4.78, 5) is 4.02. The molecule has 3 heteroatoms. The molecule has 0 aliphatic carbocycles. The van der Waals surface area contributed by atoms with Gasteiger partial charge in [0.15, 0.2) is 0 Å². The molecule has 0 saturated heterocycles. The summed E-state index contributed by atoms with van der Waals surface area (Å²) in [5, 5.41) is 12.8. The van der Waals surface area contributed by atoms with Gasteiger partial charge in [-0.05, 0) is 68.1 Å². The number of hydrogen-bond donors (Lipinski definition) is 2. The van der Waals surface area contributed by atoms with Crippen LogP contribution in [-0.4, -0.2) is 22.7 Å². The van der Waals surface area contributed by atoms with Gasteiger partial charge in [-0.15, -0.1) is 0 Å². The van der Waals surface area contributed by atoms with E-state index in [1.165, 1.54) is 11.1 Å². The number of nitrogens with one attached hydrogen (secondary N) is 1. The number of aromatic hydroxyl groups is 1. The van der Waals surface area contributed by atoms with Gasteiger partial charge in [0.05, 0.1) is 0 Å². The van der Waals surface area contributed by atoms with Crippen LogP contribution in [0, 0.1) is 0 Å². The standard InChI is InChI=1S/C17H22N2O/c1-14(2-3-15-4-6-17(20)7-5-15)19-13-10-16-8-11-18-12-9-16/h4-9,11-12,14,19-20H,2-3,10,13H2,1H3. The third kappa shape index (κ3) is 5.02. The third-order valence-corrected chi connectivity index (χ3v) is 3.46. The summed E-state index contributed by atoms with van der Waals surface area (Å²) in [7, 11) is 0. The molecule has 0 amide bonds.